The first-order valence-electron chi connectivity index (χ1n) is 6.54. The third kappa shape index (κ3) is 4.64. The van der Waals surface area contributed by atoms with Crippen LogP contribution in [0.15, 0.2) is 22.3 Å². The summed E-state index contributed by atoms with van der Waals surface area (Å²) >= 11 is 1.26. The second-order valence-electron chi connectivity index (χ2n) is 4.59. The molecule has 0 aliphatic carbocycles. The van der Waals surface area contributed by atoms with Crippen LogP contribution < -0.4 is 5.32 Å². The molecular weight excluding hydrogens is 276 g/mol. The molecule has 0 aliphatic rings. The number of thioether (sulfide) groups is 1. The van der Waals surface area contributed by atoms with Gasteiger partial charge in [-0.2, -0.15) is 0 Å². The largest absolute Gasteiger partial charge is 0.414 e. The van der Waals surface area contributed by atoms with Gasteiger partial charge in [0.2, 0.25) is 11.8 Å². The lowest BCUT2D eigenvalue weighted by Crippen LogP contribution is -2.30. The Balaban J connectivity index is 2.63. The Morgan fingerprint density at radius 1 is 1.55 bits per heavy atom. The SMILES string of the molecule is C=CCNC(=O)[C@@H](C)Sc1nnc([C@@H](CC)N(C)C)o1. The number of hydrogen-bond acceptors (Lipinski definition) is 6. The molecule has 0 saturated heterocycles. The van der Waals surface area contributed by atoms with E-state index in [0.29, 0.717) is 17.7 Å². The van der Waals surface area contributed by atoms with Crippen molar-refractivity contribution in [1.29, 1.82) is 0 Å². The van der Waals surface area contributed by atoms with Gasteiger partial charge in [0.25, 0.3) is 5.22 Å². The van der Waals surface area contributed by atoms with Crippen LogP contribution in [0, 0.1) is 0 Å². The molecule has 1 aromatic rings. The lowest BCUT2D eigenvalue weighted by atomic mass is 10.2. The third-order valence-corrected chi connectivity index (χ3v) is 3.72. The van der Waals surface area contributed by atoms with Crippen LogP contribution in [0.5, 0.6) is 0 Å². The molecule has 1 rings (SSSR count). The van der Waals surface area contributed by atoms with Gasteiger partial charge in [-0.15, -0.1) is 16.8 Å². The molecule has 0 spiro atoms. The van der Waals surface area contributed by atoms with E-state index in [2.05, 4.69) is 29.0 Å². The van der Waals surface area contributed by atoms with Crippen LogP contribution >= 0.6 is 11.8 Å². The number of amides is 1. The summed E-state index contributed by atoms with van der Waals surface area (Å²) in [5.74, 6) is 0.507. The average Bonchev–Trinajstić information content (AvgIpc) is 2.84. The predicted octanol–water partition coefficient (Wildman–Crippen LogP) is 1.87. The second-order valence-corrected chi connectivity index (χ2v) is 5.88. The lowest BCUT2D eigenvalue weighted by Gasteiger charge is -2.18. The maximum absolute atomic E-state index is 11.7. The van der Waals surface area contributed by atoms with Gasteiger partial charge in [-0.3, -0.25) is 9.69 Å². The maximum Gasteiger partial charge on any atom is 0.277 e. The van der Waals surface area contributed by atoms with Crippen molar-refractivity contribution >= 4 is 17.7 Å². The quantitative estimate of drug-likeness (QED) is 0.583. The molecule has 112 valence electrons. The fraction of sp³-hybridized carbons (Fsp3) is 0.615. The zero-order valence-corrected chi connectivity index (χ0v) is 13.2. The summed E-state index contributed by atoms with van der Waals surface area (Å²) in [6, 6.07) is 0.0988. The molecule has 0 aromatic carbocycles. The molecule has 1 amide bonds. The van der Waals surface area contributed by atoms with Crippen molar-refractivity contribution in [2.45, 2.75) is 36.8 Å². The topological polar surface area (TPSA) is 71.3 Å². The molecule has 0 fully saturated rings. The Morgan fingerprint density at radius 3 is 2.80 bits per heavy atom. The Bertz CT molecular complexity index is 447. The molecule has 1 heterocycles. The smallest absolute Gasteiger partial charge is 0.277 e. The van der Waals surface area contributed by atoms with E-state index in [-0.39, 0.29) is 17.2 Å². The van der Waals surface area contributed by atoms with Crippen molar-refractivity contribution in [1.82, 2.24) is 20.4 Å². The van der Waals surface area contributed by atoms with Crippen molar-refractivity contribution in [3.8, 4) is 0 Å². The van der Waals surface area contributed by atoms with Crippen molar-refractivity contribution in [3.63, 3.8) is 0 Å². The Hall–Kier alpha value is -1.34. The zero-order valence-electron chi connectivity index (χ0n) is 12.4. The monoisotopic (exact) mass is 298 g/mol. The summed E-state index contributed by atoms with van der Waals surface area (Å²) in [6.45, 7) is 7.88. The van der Waals surface area contributed by atoms with E-state index >= 15 is 0 Å². The van der Waals surface area contributed by atoms with Gasteiger partial charge >= 0.3 is 0 Å². The first-order chi connectivity index (χ1) is 9.49. The molecule has 7 heteroatoms. The van der Waals surface area contributed by atoms with Gasteiger partial charge in [0, 0.05) is 6.54 Å². The second kappa shape index (κ2) is 8.06. The van der Waals surface area contributed by atoms with Crippen LogP contribution in [-0.2, 0) is 4.79 Å². The van der Waals surface area contributed by atoms with E-state index in [0.717, 1.165) is 6.42 Å². The van der Waals surface area contributed by atoms with E-state index in [9.17, 15) is 4.79 Å². The Labute approximate surface area is 124 Å². The molecule has 6 nitrogen and oxygen atoms in total. The Morgan fingerprint density at radius 2 is 2.25 bits per heavy atom. The summed E-state index contributed by atoms with van der Waals surface area (Å²) < 4.78 is 5.62. The minimum absolute atomic E-state index is 0.0747. The standard InChI is InChI=1S/C13H22N4O2S/c1-6-8-14-11(18)9(3)20-13-16-15-12(19-13)10(7-2)17(4)5/h6,9-10H,1,7-8H2,2-5H3,(H,14,18)/t9-,10-/m1/s1. The minimum atomic E-state index is -0.289. The van der Waals surface area contributed by atoms with Gasteiger partial charge in [0.05, 0.1) is 11.3 Å². The van der Waals surface area contributed by atoms with E-state index in [1.807, 2.05) is 19.0 Å². The first-order valence-corrected chi connectivity index (χ1v) is 7.42. The van der Waals surface area contributed by atoms with Crippen molar-refractivity contribution in [3.05, 3.63) is 18.5 Å². The highest BCUT2D eigenvalue weighted by Gasteiger charge is 2.22. The highest BCUT2D eigenvalue weighted by Crippen LogP contribution is 2.26. The molecule has 0 aliphatic heterocycles. The zero-order chi connectivity index (χ0) is 15.1. The molecule has 2 atom stereocenters. The number of carbonyl (C=O) groups is 1. The predicted molar refractivity (Wildman–Crippen MR) is 79.5 cm³/mol. The summed E-state index contributed by atoms with van der Waals surface area (Å²) in [7, 11) is 3.94. The highest BCUT2D eigenvalue weighted by molar-refractivity contribution is 8.00. The molecule has 0 saturated carbocycles. The Kier molecular flexibility index (Phi) is 6.74. The fourth-order valence-electron chi connectivity index (χ4n) is 1.68. The lowest BCUT2D eigenvalue weighted by molar-refractivity contribution is -0.120. The number of nitrogens with one attached hydrogen (secondary N) is 1. The number of rotatable bonds is 8. The van der Waals surface area contributed by atoms with Gasteiger partial charge in [-0.1, -0.05) is 24.8 Å². The van der Waals surface area contributed by atoms with Gasteiger partial charge < -0.3 is 9.73 Å². The van der Waals surface area contributed by atoms with Crippen LogP contribution in [0.1, 0.15) is 32.2 Å². The van der Waals surface area contributed by atoms with Gasteiger partial charge in [-0.25, -0.2) is 0 Å². The van der Waals surface area contributed by atoms with Crippen LogP contribution in [0.25, 0.3) is 0 Å². The van der Waals surface area contributed by atoms with Crippen molar-refractivity contribution in [2.75, 3.05) is 20.6 Å². The van der Waals surface area contributed by atoms with Crippen LogP contribution in [0.2, 0.25) is 0 Å². The van der Waals surface area contributed by atoms with E-state index in [1.165, 1.54) is 11.8 Å². The van der Waals surface area contributed by atoms with E-state index in [1.54, 1.807) is 13.0 Å². The molecule has 0 radical (unpaired) electrons. The highest BCUT2D eigenvalue weighted by atomic mass is 32.2. The normalized spacial score (nSPS) is 14.1. The summed E-state index contributed by atoms with van der Waals surface area (Å²) in [4.78, 5) is 13.8. The van der Waals surface area contributed by atoms with Gasteiger partial charge in [0.15, 0.2) is 0 Å². The molecule has 0 unspecified atom stereocenters. The van der Waals surface area contributed by atoms with Crippen molar-refractivity contribution < 1.29 is 9.21 Å². The van der Waals surface area contributed by atoms with Crippen LogP contribution in [-0.4, -0.2) is 46.9 Å². The summed E-state index contributed by atoms with van der Waals surface area (Å²) in [5.41, 5.74) is 0. The van der Waals surface area contributed by atoms with Crippen LogP contribution in [0.4, 0.5) is 0 Å². The van der Waals surface area contributed by atoms with E-state index in [4.69, 9.17) is 4.42 Å². The number of hydrogen-bond donors (Lipinski definition) is 1. The minimum Gasteiger partial charge on any atom is -0.414 e. The van der Waals surface area contributed by atoms with Gasteiger partial charge in [-0.05, 0) is 27.4 Å². The average molecular weight is 298 g/mol. The summed E-state index contributed by atoms with van der Waals surface area (Å²) in [6.07, 6.45) is 2.53. The fourth-order valence-corrected chi connectivity index (χ4v) is 2.40. The van der Waals surface area contributed by atoms with Gasteiger partial charge in [0.1, 0.15) is 0 Å². The third-order valence-electron chi connectivity index (χ3n) is 2.78. The number of carbonyl (C=O) groups excluding carboxylic acids is 1. The van der Waals surface area contributed by atoms with E-state index < -0.39 is 0 Å². The maximum atomic E-state index is 11.7. The molecule has 0 bridgehead atoms. The molecule has 20 heavy (non-hydrogen) atoms. The number of nitrogens with zero attached hydrogens (tertiary/aromatic N) is 3. The van der Waals surface area contributed by atoms with Crippen molar-refractivity contribution in [2.24, 2.45) is 0 Å². The number of aromatic nitrogens is 2. The molecule has 1 aromatic heterocycles. The molecule has 1 N–H and O–H groups in total. The summed E-state index contributed by atoms with van der Waals surface area (Å²) in [5, 5.41) is 10.9. The molecular formula is C13H22N4O2S. The van der Waals surface area contributed by atoms with Crippen LogP contribution in [0.3, 0.4) is 0 Å². The first kappa shape index (κ1) is 16.7.